The second kappa shape index (κ2) is 10.5. The quantitative estimate of drug-likeness (QED) is 0.248. The predicted octanol–water partition coefficient (Wildman–Crippen LogP) is 8.32. The molecule has 0 N–H and O–H groups in total. The summed E-state index contributed by atoms with van der Waals surface area (Å²) in [6.45, 7) is 2.27. The smallest absolute Gasteiger partial charge is 0.194 e. The van der Waals surface area contributed by atoms with Crippen LogP contribution in [-0.4, -0.2) is 0 Å². The molecule has 0 aliphatic heterocycles. The summed E-state index contributed by atoms with van der Waals surface area (Å²) in [5.41, 5.74) is 0.611. The van der Waals surface area contributed by atoms with Crippen LogP contribution in [0.5, 0.6) is 0 Å². The summed E-state index contributed by atoms with van der Waals surface area (Å²) < 4.78 is 40.1. The molecule has 2 aliphatic carbocycles. The summed E-state index contributed by atoms with van der Waals surface area (Å²) in [6.07, 6.45) is 19.7. The van der Waals surface area contributed by atoms with Crippen molar-refractivity contribution in [1.29, 1.82) is 0 Å². The van der Waals surface area contributed by atoms with E-state index in [4.69, 9.17) is 0 Å². The van der Waals surface area contributed by atoms with Gasteiger partial charge in [-0.05, 0) is 92.7 Å². The first-order valence-corrected chi connectivity index (χ1v) is 11.4. The molecule has 3 heteroatoms. The molecule has 28 heavy (non-hydrogen) atoms. The van der Waals surface area contributed by atoms with Crippen LogP contribution < -0.4 is 0 Å². The van der Waals surface area contributed by atoms with Crippen LogP contribution in [0.3, 0.4) is 0 Å². The molecule has 3 rings (SSSR count). The van der Waals surface area contributed by atoms with Crippen LogP contribution in [0, 0.1) is 35.2 Å². The van der Waals surface area contributed by atoms with Crippen molar-refractivity contribution in [2.24, 2.45) is 17.8 Å². The van der Waals surface area contributed by atoms with Gasteiger partial charge >= 0.3 is 0 Å². The Balaban J connectivity index is 1.41. The van der Waals surface area contributed by atoms with Crippen LogP contribution >= 0.6 is 0 Å². The summed E-state index contributed by atoms with van der Waals surface area (Å²) in [4.78, 5) is 0. The van der Waals surface area contributed by atoms with Crippen molar-refractivity contribution in [3.63, 3.8) is 0 Å². The van der Waals surface area contributed by atoms with Gasteiger partial charge in [-0.15, -0.1) is 0 Å². The molecule has 2 aliphatic rings. The summed E-state index contributed by atoms with van der Waals surface area (Å²) >= 11 is 0. The first kappa shape index (κ1) is 21.5. The number of unbranched alkanes of at least 4 members (excludes halogenated alkanes) is 2. The Hall–Kier alpha value is -1.25. The Morgan fingerprint density at radius 2 is 1.32 bits per heavy atom. The molecule has 0 saturated heterocycles. The minimum atomic E-state index is -1.36. The van der Waals surface area contributed by atoms with Crippen LogP contribution in [0.1, 0.15) is 95.5 Å². The van der Waals surface area contributed by atoms with Gasteiger partial charge < -0.3 is 0 Å². The summed E-state index contributed by atoms with van der Waals surface area (Å²) in [6, 6.07) is 2.36. The van der Waals surface area contributed by atoms with Gasteiger partial charge in [0.1, 0.15) is 0 Å². The van der Waals surface area contributed by atoms with E-state index in [-0.39, 0.29) is 5.92 Å². The van der Waals surface area contributed by atoms with Gasteiger partial charge in [-0.2, -0.15) is 0 Å². The van der Waals surface area contributed by atoms with E-state index >= 15 is 0 Å². The fraction of sp³-hybridized carbons (Fsp3) is 0.680. The zero-order chi connectivity index (χ0) is 19.9. The molecule has 156 valence electrons. The minimum absolute atomic E-state index is 0.146. The number of allylic oxidation sites excluding steroid dienone is 2. The van der Waals surface area contributed by atoms with E-state index < -0.39 is 17.5 Å². The van der Waals surface area contributed by atoms with Gasteiger partial charge in [0, 0.05) is 0 Å². The van der Waals surface area contributed by atoms with Gasteiger partial charge in [0.15, 0.2) is 17.5 Å². The van der Waals surface area contributed by atoms with Crippen molar-refractivity contribution in [2.75, 3.05) is 0 Å². The second-order valence-electron chi connectivity index (χ2n) is 9.07. The highest BCUT2D eigenvalue weighted by Crippen LogP contribution is 2.38. The lowest BCUT2D eigenvalue weighted by molar-refractivity contribution is 0.288. The molecule has 0 heterocycles. The van der Waals surface area contributed by atoms with Gasteiger partial charge in [0.05, 0.1) is 0 Å². The lowest BCUT2D eigenvalue weighted by Gasteiger charge is -2.29. The molecule has 0 spiro atoms. The first-order valence-electron chi connectivity index (χ1n) is 11.4. The summed E-state index contributed by atoms with van der Waals surface area (Å²) in [5.74, 6) is -1.09. The van der Waals surface area contributed by atoms with E-state index in [1.54, 1.807) is 0 Å². The molecule has 0 atom stereocenters. The lowest BCUT2D eigenvalue weighted by Crippen LogP contribution is -2.15. The van der Waals surface area contributed by atoms with Crippen LogP contribution in [0.15, 0.2) is 24.3 Å². The largest absolute Gasteiger partial charge is 0.204 e. The van der Waals surface area contributed by atoms with Crippen LogP contribution in [0.4, 0.5) is 13.2 Å². The van der Waals surface area contributed by atoms with Crippen molar-refractivity contribution in [2.45, 2.75) is 89.9 Å². The molecule has 0 nitrogen and oxygen atoms in total. The fourth-order valence-electron chi connectivity index (χ4n) is 5.12. The Morgan fingerprint density at radius 1 is 0.786 bits per heavy atom. The van der Waals surface area contributed by atoms with Gasteiger partial charge in [0.2, 0.25) is 0 Å². The maximum Gasteiger partial charge on any atom is 0.194 e. The van der Waals surface area contributed by atoms with E-state index in [0.717, 1.165) is 37.5 Å². The molecule has 0 unspecified atom stereocenters. The molecule has 0 amide bonds. The Morgan fingerprint density at radius 3 is 1.86 bits per heavy atom. The molecule has 2 fully saturated rings. The zero-order valence-electron chi connectivity index (χ0n) is 17.2. The Labute approximate surface area is 168 Å². The van der Waals surface area contributed by atoms with Crippen LogP contribution in [0.2, 0.25) is 0 Å². The van der Waals surface area contributed by atoms with E-state index in [0.29, 0.717) is 11.5 Å². The molecular formula is C25H35F3. The number of hydrogen-bond acceptors (Lipinski definition) is 0. The zero-order valence-corrected chi connectivity index (χ0v) is 17.2. The first-order chi connectivity index (χ1) is 13.6. The van der Waals surface area contributed by atoms with Crippen molar-refractivity contribution < 1.29 is 13.2 Å². The van der Waals surface area contributed by atoms with E-state index in [1.807, 2.05) is 0 Å². The summed E-state index contributed by atoms with van der Waals surface area (Å²) in [7, 11) is 0. The van der Waals surface area contributed by atoms with Crippen molar-refractivity contribution >= 4 is 0 Å². The number of hydrogen-bond donors (Lipinski definition) is 0. The highest BCUT2D eigenvalue weighted by Gasteiger charge is 2.24. The molecule has 0 radical (unpaired) electrons. The van der Waals surface area contributed by atoms with Gasteiger partial charge in [-0.25, -0.2) is 13.2 Å². The van der Waals surface area contributed by atoms with Crippen molar-refractivity contribution in [3.05, 3.63) is 47.3 Å². The van der Waals surface area contributed by atoms with Crippen molar-refractivity contribution in [3.8, 4) is 0 Å². The van der Waals surface area contributed by atoms with Crippen LogP contribution in [0.25, 0.3) is 0 Å². The normalized spacial score (nSPS) is 28.7. The number of benzene rings is 1. The average molecular weight is 393 g/mol. The molecule has 2 saturated carbocycles. The predicted molar refractivity (Wildman–Crippen MR) is 110 cm³/mol. The van der Waals surface area contributed by atoms with E-state index in [2.05, 4.69) is 19.1 Å². The van der Waals surface area contributed by atoms with Gasteiger partial charge in [0.25, 0.3) is 0 Å². The van der Waals surface area contributed by atoms with E-state index in [1.165, 1.54) is 63.5 Å². The minimum Gasteiger partial charge on any atom is -0.204 e. The number of rotatable bonds is 7. The topological polar surface area (TPSA) is 0 Å². The average Bonchev–Trinajstić information content (AvgIpc) is 2.71. The second-order valence-corrected chi connectivity index (χ2v) is 9.07. The maximum absolute atomic E-state index is 13.5. The highest BCUT2D eigenvalue weighted by molar-refractivity contribution is 5.23. The highest BCUT2D eigenvalue weighted by atomic mass is 19.2. The summed E-state index contributed by atoms with van der Waals surface area (Å²) in [5, 5.41) is 0. The molecule has 0 aromatic heterocycles. The monoisotopic (exact) mass is 392 g/mol. The lowest BCUT2D eigenvalue weighted by atomic mass is 9.76. The standard InChI is InChI=1S/C25H35F3/c1-2-3-4-5-18-6-8-19(9-7-18)10-11-20-12-14-21(15-13-20)22-16-23(26)25(28)24(27)17-22/h10-11,16-21H,2-9,12-15H2,1H3/b11-10+/t18-,19-,20-,21-. The molecular weight excluding hydrogens is 357 g/mol. The maximum atomic E-state index is 13.5. The fourth-order valence-corrected chi connectivity index (χ4v) is 5.12. The third-order valence-electron chi connectivity index (χ3n) is 7.01. The van der Waals surface area contributed by atoms with Gasteiger partial charge in [-0.3, -0.25) is 0 Å². The third kappa shape index (κ3) is 5.87. The Kier molecular flexibility index (Phi) is 8.05. The van der Waals surface area contributed by atoms with Crippen LogP contribution in [-0.2, 0) is 0 Å². The third-order valence-corrected chi connectivity index (χ3v) is 7.01. The molecule has 1 aromatic carbocycles. The number of halogens is 3. The molecule has 1 aromatic rings. The molecule has 0 bridgehead atoms. The SMILES string of the molecule is CCCCC[C@H]1CC[C@H](/C=C/[C@H]2CC[C@H](c3cc(F)c(F)c(F)c3)CC2)CC1. The Bertz CT molecular complexity index is 612. The van der Waals surface area contributed by atoms with Crippen molar-refractivity contribution in [1.82, 2.24) is 0 Å². The van der Waals surface area contributed by atoms with E-state index in [9.17, 15) is 13.2 Å². The van der Waals surface area contributed by atoms with Gasteiger partial charge in [-0.1, -0.05) is 44.8 Å².